The van der Waals surface area contributed by atoms with E-state index < -0.39 is 5.97 Å². The lowest BCUT2D eigenvalue weighted by Gasteiger charge is -2.15. The van der Waals surface area contributed by atoms with E-state index >= 15 is 0 Å². The Hall–Kier alpha value is -1.69. The number of aliphatic carboxylic acids is 1. The molecule has 1 heterocycles. The highest BCUT2D eigenvalue weighted by atomic mass is 16.5. The number of rotatable bonds is 8. The average Bonchev–Trinajstić information content (AvgIpc) is 2.63. The summed E-state index contributed by atoms with van der Waals surface area (Å²) < 4.78 is 5.09. The van der Waals surface area contributed by atoms with E-state index in [1.165, 1.54) is 0 Å². The number of hydrogen-bond acceptors (Lipinski definition) is 5. The van der Waals surface area contributed by atoms with Crippen LogP contribution in [0.25, 0.3) is 0 Å². The molecule has 0 amide bonds. The van der Waals surface area contributed by atoms with Gasteiger partial charge in [0, 0.05) is 13.0 Å². The molecule has 0 radical (unpaired) electrons. The molecule has 100 valence electrons. The van der Waals surface area contributed by atoms with Gasteiger partial charge in [0.05, 0.1) is 13.1 Å². The molecule has 0 bridgehead atoms. The summed E-state index contributed by atoms with van der Waals surface area (Å²) in [6.07, 6.45) is 2.40. The Labute approximate surface area is 106 Å². The van der Waals surface area contributed by atoms with Crippen molar-refractivity contribution in [3.05, 3.63) is 24.4 Å². The minimum Gasteiger partial charge on any atom is -0.480 e. The number of nitrogens with zero attached hydrogens (tertiary/aromatic N) is 3. The Bertz CT molecular complexity index is 401. The predicted molar refractivity (Wildman–Crippen MR) is 65.9 cm³/mol. The Morgan fingerprint density at radius 1 is 1.61 bits per heavy atom. The van der Waals surface area contributed by atoms with Crippen LogP contribution in [0.4, 0.5) is 0 Å². The maximum Gasteiger partial charge on any atom is 0.317 e. The Morgan fingerprint density at radius 2 is 2.33 bits per heavy atom. The van der Waals surface area contributed by atoms with E-state index in [0.29, 0.717) is 30.7 Å². The van der Waals surface area contributed by atoms with Crippen LogP contribution in [0.3, 0.4) is 0 Å². The van der Waals surface area contributed by atoms with Crippen LogP contribution in [0.2, 0.25) is 0 Å². The lowest BCUT2D eigenvalue weighted by atomic mass is 10.1. The molecule has 1 aromatic heterocycles. The molecule has 0 aliphatic carbocycles. The number of carboxylic acid groups (broad SMARTS) is 1. The summed E-state index contributed by atoms with van der Waals surface area (Å²) in [5.41, 5.74) is 0. The molecule has 1 N–H and O–H groups in total. The zero-order valence-electron chi connectivity index (χ0n) is 10.8. The van der Waals surface area contributed by atoms with Crippen LogP contribution in [-0.2, 0) is 17.8 Å². The van der Waals surface area contributed by atoms with Crippen LogP contribution in [0.5, 0.6) is 0 Å². The first-order valence-corrected chi connectivity index (χ1v) is 5.87. The van der Waals surface area contributed by atoms with Crippen LogP contribution in [0.1, 0.15) is 25.6 Å². The molecule has 0 atom stereocenters. The largest absolute Gasteiger partial charge is 0.480 e. The summed E-state index contributed by atoms with van der Waals surface area (Å²) in [6.45, 7) is 8.45. The van der Waals surface area contributed by atoms with Crippen molar-refractivity contribution in [1.82, 2.24) is 15.0 Å². The number of carboxylic acids is 1. The van der Waals surface area contributed by atoms with E-state index in [2.05, 4.69) is 30.6 Å². The van der Waals surface area contributed by atoms with Gasteiger partial charge in [-0.25, -0.2) is 0 Å². The highest BCUT2D eigenvalue weighted by Gasteiger charge is 2.14. The molecule has 1 aromatic rings. The average molecular weight is 253 g/mol. The molecular weight excluding hydrogens is 234 g/mol. The van der Waals surface area contributed by atoms with Gasteiger partial charge >= 0.3 is 5.97 Å². The highest BCUT2D eigenvalue weighted by molar-refractivity contribution is 5.69. The summed E-state index contributed by atoms with van der Waals surface area (Å²) >= 11 is 0. The second kappa shape index (κ2) is 6.90. The highest BCUT2D eigenvalue weighted by Crippen LogP contribution is 2.07. The van der Waals surface area contributed by atoms with Crippen LogP contribution in [0.15, 0.2) is 17.2 Å². The van der Waals surface area contributed by atoms with E-state index in [9.17, 15) is 4.79 Å². The Morgan fingerprint density at radius 3 is 2.89 bits per heavy atom. The molecule has 0 aromatic carbocycles. The number of hydrogen-bond donors (Lipinski definition) is 1. The minimum atomic E-state index is -0.890. The molecule has 0 aliphatic rings. The van der Waals surface area contributed by atoms with Crippen molar-refractivity contribution in [3.8, 4) is 0 Å². The van der Waals surface area contributed by atoms with Gasteiger partial charge in [-0.15, -0.1) is 6.58 Å². The van der Waals surface area contributed by atoms with Crippen molar-refractivity contribution in [2.24, 2.45) is 5.92 Å². The van der Waals surface area contributed by atoms with Gasteiger partial charge < -0.3 is 9.63 Å². The maximum atomic E-state index is 10.7. The lowest BCUT2D eigenvalue weighted by molar-refractivity contribution is -0.138. The molecule has 0 aliphatic heterocycles. The summed E-state index contributed by atoms with van der Waals surface area (Å²) in [5.74, 6) is 0.667. The maximum absolute atomic E-state index is 10.7. The Balaban J connectivity index is 2.59. The molecule has 18 heavy (non-hydrogen) atoms. The third kappa shape index (κ3) is 5.09. The predicted octanol–water partition coefficient (Wildman–Crippen LogP) is 1.34. The van der Waals surface area contributed by atoms with E-state index in [-0.39, 0.29) is 6.54 Å². The topological polar surface area (TPSA) is 79.5 Å². The van der Waals surface area contributed by atoms with Crippen LogP contribution in [-0.4, -0.2) is 39.2 Å². The second-order valence-electron chi connectivity index (χ2n) is 4.55. The van der Waals surface area contributed by atoms with Gasteiger partial charge in [0.25, 0.3) is 0 Å². The van der Waals surface area contributed by atoms with Gasteiger partial charge in [-0.05, 0) is 5.92 Å². The summed E-state index contributed by atoms with van der Waals surface area (Å²) in [4.78, 5) is 16.6. The van der Waals surface area contributed by atoms with Gasteiger partial charge in [0.1, 0.15) is 0 Å². The molecular formula is C12H19N3O3. The molecule has 6 heteroatoms. The monoisotopic (exact) mass is 253 g/mol. The smallest absolute Gasteiger partial charge is 0.317 e. The first kappa shape index (κ1) is 14.4. The Kier molecular flexibility index (Phi) is 5.51. The van der Waals surface area contributed by atoms with Crippen molar-refractivity contribution in [2.75, 3.05) is 13.1 Å². The van der Waals surface area contributed by atoms with Crippen molar-refractivity contribution in [2.45, 2.75) is 26.8 Å². The first-order chi connectivity index (χ1) is 8.51. The fraction of sp³-hybridized carbons (Fsp3) is 0.583. The standard InChI is InChI=1S/C12H19N3O3/c1-4-5-15(8-12(16)17)7-11-13-10(14-18-11)6-9(2)3/h4,9H,1,5-8H2,2-3H3,(H,16,17). The fourth-order valence-electron chi connectivity index (χ4n) is 1.55. The lowest BCUT2D eigenvalue weighted by Crippen LogP contribution is -2.29. The SMILES string of the molecule is C=CCN(CC(=O)O)Cc1nc(CC(C)C)no1. The minimum absolute atomic E-state index is 0.0755. The fourth-order valence-corrected chi connectivity index (χ4v) is 1.55. The van der Waals surface area contributed by atoms with E-state index in [1.54, 1.807) is 11.0 Å². The van der Waals surface area contributed by atoms with E-state index in [0.717, 1.165) is 6.42 Å². The molecule has 0 fully saturated rings. The molecule has 6 nitrogen and oxygen atoms in total. The van der Waals surface area contributed by atoms with Gasteiger partial charge in [0.15, 0.2) is 5.82 Å². The van der Waals surface area contributed by atoms with Gasteiger partial charge in [0.2, 0.25) is 5.89 Å². The first-order valence-electron chi connectivity index (χ1n) is 5.87. The van der Waals surface area contributed by atoms with Crippen LogP contribution >= 0.6 is 0 Å². The van der Waals surface area contributed by atoms with Crippen LogP contribution < -0.4 is 0 Å². The molecule has 0 spiro atoms. The second-order valence-corrected chi connectivity index (χ2v) is 4.55. The molecule has 0 unspecified atom stereocenters. The van der Waals surface area contributed by atoms with Gasteiger partial charge in [-0.3, -0.25) is 9.69 Å². The number of aromatic nitrogens is 2. The quantitative estimate of drug-likeness (QED) is 0.704. The zero-order valence-corrected chi connectivity index (χ0v) is 10.8. The molecule has 0 saturated carbocycles. The summed E-state index contributed by atoms with van der Waals surface area (Å²) in [7, 11) is 0. The summed E-state index contributed by atoms with van der Waals surface area (Å²) in [5, 5.41) is 12.6. The van der Waals surface area contributed by atoms with E-state index in [4.69, 9.17) is 9.63 Å². The number of carbonyl (C=O) groups is 1. The third-order valence-corrected chi connectivity index (χ3v) is 2.21. The van der Waals surface area contributed by atoms with Crippen LogP contribution in [0, 0.1) is 5.92 Å². The van der Waals surface area contributed by atoms with Crippen molar-refractivity contribution >= 4 is 5.97 Å². The normalized spacial score (nSPS) is 11.1. The third-order valence-electron chi connectivity index (χ3n) is 2.21. The summed E-state index contributed by atoms with van der Waals surface area (Å²) in [6, 6.07) is 0. The zero-order chi connectivity index (χ0) is 13.5. The van der Waals surface area contributed by atoms with Crippen molar-refractivity contribution in [1.29, 1.82) is 0 Å². The van der Waals surface area contributed by atoms with Gasteiger partial charge in [-0.1, -0.05) is 25.1 Å². The van der Waals surface area contributed by atoms with E-state index in [1.807, 2.05) is 0 Å². The van der Waals surface area contributed by atoms with Gasteiger partial charge in [-0.2, -0.15) is 4.98 Å². The van der Waals surface area contributed by atoms with Crippen molar-refractivity contribution < 1.29 is 14.4 Å². The van der Waals surface area contributed by atoms with Crippen molar-refractivity contribution in [3.63, 3.8) is 0 Å². The molecule has 0 saturated heterocycles. The molecule has 1 rings (SSSR count).